The van der Waals surface area contributed by atoms with Crippen molar-refractivity contribution in [2.24, 2.45) is 0 Å². The van der Waals surface area contributed by atoms with Crippen molar-refractivity contribution in [3.63, 3.8) is 0 Å². The third-order valence-electron chi connectivity index (χ3n) is 3.45. The SMILES string of the molecule is Cc1cnc(NC(C)(C)C)nc1Nc1cccc(C(C)(C)C)c1. The minimum Gasteiger partial charge on any atom is -0.350 e. The van der Waals surface area contributed by atoms with Gasteiger partial charge in [-0.05, 0) is 50.8 Å². The minimum atomic E-state index is -0.0708. The fourth-order valence-electron chi connectivity index (χ4n) is 2.16. The van der Waals surface area contributed by atoms with Crippen molar-refractivity contribution in [2.75, 3.05) is 10.6 Å². The molecule has 4 heteroatoms. The number of hydrogen-bond donors (Lipinski definition) is 2. The van der Waals surface area contributed by atoms with Crippen LogP contribution in [-0.2, 0) is 5.41 Å². The molecular weight excluding hydrogens is 284 g/mol. The molecule has 0 saturated carbocycles. The van der Waals surface area contributed by atoms with Crippen LogP contribution in [-0.4, -0.2) is 15.5 Å². The number of benzene rings is 1. The molecule has 0 atom stereocenters. The highest BCUT2D eigenvalue weighted by molar-refractivity contribution is 5.61. The molecule has 4 nitrogen and oxygen atoms in total. The van der Waals surface area contributed by atoms with Crippen LogP contribution in [0.3, 0.4) is 0 Å². The van der Waals surface area contributed by atoms with Crippen LogP contribution in [0.4, 0.5) is 17.5 Å². The summed E-state index contributed by atoms with van der Waals surface area (Å²) in [6.45, 7) is 14.9. The Hall–Kier alpha value is -2.10. The fraction of sp³-hybridized carbons (Fsp3) is 0.474. The van der Waals surface area contributed by atoms with E-state index in [1.54, 1.807) is 0 Å². The highest BCUT2D eigenvalue weighted by atomic mass is 15.2. The molecule has 0 aliphatic heterocycles. The van der Waals surface area contributed by atoms with Gasteiger partial charge in [0.25, 0.3) is 0 Å². The predicted molar refractivity (Wildman–Crippen MR) is 98.6 cm³/mol. The van der Waals surface area contributed by atoms with Crippen molar-refractivity contribution in [2.45, 2.75) is 59.4 Å². The number of hydrogen-bond acceptors (Lipinski definition) is 4. The topological polar surface area (TPSA) is 49.8 Å². The van der Waals surface area contributed by atoms with Gasteiger partial charge in [-0.1, -0.05) is 32.9 Å². The molecule has 23 heavy (non-hydrogen) atoms. The molecule has 0 radical (unpaired) electrons. The summed E-state index contributed by atoms with van der Waals surface area (Å²) in [7, 11) is 0. The predicted octanol–water partition coefficient (Wildman–Crippen LogP) is 5.04. The van der Waals surface area contributed by atoms with Crippen molar-refractivity contribution >= 4 is 17.5 Å². The lowest BCUT2D eigenvalue weighted by molar-refractivity contribution is 0.590. The third-order valence-corrected chi connectivity index (χ3v) is 3.45. The number of nitrogens with zero attached hydrogens (tertiary/aromatic N) is 2. The zero-order valence-electron chi connectivity index (χ0n) is 15.3. The fourth-order valence-corrected chi connectivity index (χ4v) is 2.16. The Labute approximate surface area is 139 Å². The van der Waals surface area contributed by atoms with E-state index in [2.05, 4.69) is 86.4 Å². The van der Waals surface area contributed by atoms with Gasteiger partial charge in [-0.3, -0.25) is 0 Å². The van der Waals surface area contributed by atoms with Crippen molar-refractivity contribution in [1.82, 2.24) is 9.97 Å². The van der Waals surface area contributed by atoms with E-state index in [1.807, 2.05) is 13.1 Å². The van der Waals surface area contributed by atoms with Gasteiger partial charge in [0, 0.05) is 23.0 Å². The standard InChI is InChI=1S/C19H28N4/c1-13-12-20-17(23-19(5,6)7)22-16(13)21-15-10-8-9-14(11-15)18(2,3)4/h8-12H,1-7H3,(H2,20,21,22,23). The van der Waals surface area contributed by atoms with Gasteiger partial charge in [-0.2, -0.15) is 4.98 Å². The molecule has 1 aromatic carbocycles. The maximum absolute atomic E-state index is 4.61. The molecule has 2 aromatic rings. The van der Waals surface area contributed by atoms with Crippen LogP contribution in [0.15, 0.2) is 30.5 Å². The van der Waals surface area contributed by atoms with Gasteiger partial charge in [0.2, 0.25) is 5.95 Å². The van der Waals surface area contributed by atoms with Gasteiger partial charge in [0.15, 0.2) is 0 Å². The van der Waals surface area contributed by atoms with Crippen molar-refractivity contribution in [3.05, 3.63) is 41.6 Å². The normalized spacial score (nSPS) is 12.1. The van der Waals surface area contributed by atoms with Crippen molar-refractivity contribution in [1.29, 1.82) is 0 Å². The van der Waals surface area contributed by atoms with Gasteiger partial charge in [-0.15, -0.1) is 0 Å². The monoisotopic (exact) mass is 312 g/mol. The maximum Gasteiger partial charge on any atom is 0.225 e. The van der Waals surface area contributed by atoms with Crippen LogP contribution < -0.4 is 10.6 Å². The number of nitrogens with one attached hydrogen (secondary N) is 2. The Morgan fingerprint density at radius 3 is 2.30 bits per heavy atom. The molecule has 1 aromatic heterocycles. The molecule has 0 bridgehead atoms. The molecule has 0 aliphatic carbocycles. The Kier molecular flexibility index (Phi) is 4.64. The zero-order valence-corrected chi connectivity index (χ0v) is 15.3. The van der Waals surface area contributed by atoms with E-state index in [1.165, 1.54) is 5.56 Å². The molecule has 0 spiro atoms. The maximum atomic E-state index is 4.61. The Balaban J connectivity index is 2.28. The number of rotatable bonds is 3. The van der Waals surface area contributed by atoms with Crippen molar-refractivity contribution in [3.8, 4) is 0 Å². The smallest absolute Gasteiger partial charge is 0.225 e. The van der Waals surface area contributed by atoms with Crippen LogP contribution in [0.2, 0.25) is 0 Å². The highest BCUT2D eigenvalue weighted by Crippen LogP contribution is 2.27. The van der Waals surface area contributed by atoms with E-state index in [9.17, 15) is 0 Å². The van der Waals surface area contributed by atoms with Gasteiger partial charge in [0.05, 0.1) is 0 Å². The quantitative estimate of drug-likeness (QED) is 0.834. The first-order valence-corrected chi connectivity index (χ1v) is 8.04. The summed E-state index contributed by atoms with van der Waals surface area (Å²) < 4.78 is 0. The lowest BCUT2D eigenvalue weighted by Gasteiger charge is -2.22. The van der Waals surface area contributed by atoms with E-state index in [0.29, 0.717) is 5.95 Å². The molecular formula is C19H28N4. The van der Waals surface area contributed by atoms with Crippen LogP contribution in [0, 0.1) is 6.92 Å². The van der Waals surface area contributed by atoms with Crippen LogP contribution in [0.5, 0.6) is 0 Å². The second kappa shape index (κ2) is 6.19. The van der Waals surface area contributed by atoms with E-state index >= 15 is 0 Å². The Morgan fingerprint density at radius 2 is 1.70 bits per heavy atom. The largest absolute Gasteiger partial charge is 0.350 e. The summed E-state index contributed by atoms with van der Waals surface area (Å²) in [4.78, 5) is 8.97. The van der Waals surface area contributed by atoms with E-state index in [-0.39, 0.29) is 11.0 Å². The lowest BCUT2D eigenvalue weighted by Crippen LogP contribution is -2.27. The van der Waals surface area contributed by atoms with Gasteiger partial charge < -0.3 is 10.6 Å². The van der Waals surface area contributed by atoms with Crippen LogP contribution in [0.1, 0.15) is 52.7 Å². The first-order valence-electron chi connectivity index (χ1n) is 8.04. The summed E-state index contributed by atoms with van der Waals surface area (Å²) in [5, 5.41) is 6.73. The lowest BCUT2D eigenvalue weighted by atomic mass is 9.87. The number of anilines is 3. The molecule has 0 amide bonds. The molecule has 2 rings (SSSR count). The number of aryl methyl sites for hydroxylation is 1. The summed E-state index contributed by atoms with van der Waals surface area (Å²) in [6.07, 6.45) is 1.84. The third kappa shape index (κ3) is 4.95. The molecule has 124 valence electrons. The first-order chi connectivity index (χ1) is 10.5. The molecule has 2 N–H and O–H groups in total. The van der Waals surface area contributed by atoms with Crippen LogP contribution >= 0.6 is 0 Å². The Morgan fingerprint density at radius 1 is 1.00 bits per heavy atom. The van der Waals surface area contributed by atoms with E-state index < -0.39 is 0 Å². The van der Waals surface area contributed by atoms with Crippen LogP contribution in [0.25, 0.3) is 0 Å². The van der Waals surface area contributed by atoms with Gasteiger partial charge in [-0.25, -0.2) is 4.98 Å². The summed E-state index contributed by atoms with van der Waals surface area (Å²) in [5.41, 5.74) is 3.41. The first kappa shape index (κ1) is 17.3. The average molecular weight is 312 g/mol. The van der Waals surface area contributed by atoms with E-state index in [4.69, 9.17) is 0 Å². The zero-order chi connectivity index (χ0) is 17.3. The number of aromatic nitrogens is 2. The summed E-state index contributed by atoms with van der Waals surface area (Å²) in [5.74, 6) is 1.47. The van der Waals surface area contributed by atoms with Gasteiger partial charge in [0.1, 0.15) is 5.82 Å². The highest BCUT2D eigenvalue weighted by Gasteiger charge is 2.15. The molecule has 0 fully saturated rings. The Bertz CT molecular complexity index is 678. The molecule has 0 unspecified atom stereocenters. The molecule has 0 aliphatic rings. The second-order valence-electron chi connectivity index (χ2n) is 8.06. The molecule has 0 saturated heterocycles. The average Bonchev–Trinajstić information content (AvgIpc) is 2.40. The summed E-state index contributed by atoms with van der Waals surface area (Å²) in [6, 6.07) is 8.48. The second-order valence-corrected chi connectivity index (χ2v) is 8.06. The summed E-state index contributed by atoms with van der Waals surface area (Å²) >= 11 is 0. The minimum absolute atomic E-state index is 0.0708. The van der Waals surface area contributed by atoms with Gasteiger partial charge >= 0.3 is 0 Å². The van der Waals surface area contributed by atoms with E-state index in [0.717, 1.165) is 17.1 Å². The van der Waals surface area contributed by atoms with Crippen molar-refractivity contribution < 1.29 is 0 Å². The molecule has 1 heterocycles.